The number of carbonyl (C=O) groups excluding carboxylic acids is 2. The number of benzene rings is 1. The Morgan fingerprint density at radius 3 is 2.59 bits per heavy atom. The highest BCUT2D eigenvalue weighted by atomic mass is 16.5. The smallest absolute Gasteiger partial charge is 0.331 e. The van der Waals surface area contributed by atoms with E-state index in [0.717, 1.165) is 40.8 Å². The molecular weight excluding hydrogens is 520 g/mol. The molecule has 0 bridgehead atoms. The van der Waals surface area contributed by atoms with Crippen LogP contribution in [0.4, 0.5) is 10.6 Å². The van der Waals surface area contributed by atoms with Crippen LogP contribution < -0.4 is 10.1 Å². The first kappa shape index (κ1) is 25.7. The molecule has 7 rings (SSSR count). The van der Waals surface area contributed by atoms with Crippen molar-refractivity contribution in [2.45, 2.75) is 72.4 Å². The van der Waals surface area contributed by atoms with Gasteiger partial charge in [0.25, 0.3) is 0 Å². The van der Waals surface area contributed by atoms with Crippen LogP contribution in [0.1, 0.15) is 70.4 Å². The summed E-state index contributed by atoms with van der Waals surface area (Å²) in [6, 6.07) is 8.89. The average molecular weight is 555 g/mol. The number of hydrogen-bond acceptors (Lipinski definition) is 7. The largest absolute Gasteiger partial charge is 0.439 e. The molecule has 2 saturated carbocycles. The summed E-state index contributed by atoms with van der Waals surface area (Å²) in [5, 5.41) is 7.63. The Morgan fingerprint density at radius 1 is 1.07 bits per heavy atom. The summed E-state index contributed by atoms with van der Waals surface area (Å²) in [6.07, 6.45) is 6.03. The van der Waals surface area contributed by atoms with Gasteiger partial charge in [-0.05, 0) is 61.3 Å². The highest BCUT2D eigenvalue weighted by molar-refractivity contribution is 5.98. The van der Waals surface area contributed by atoms with Gasteiger partial charge in [0.2, 0.25) is 11.8 Å². The van der Waals surface area contributed by atoms with Gasteiger partial charge in [-0.25, -0.2) is 14.8 Å². The van der Waals surface area contributed by atoms with Crippen molar-refractivity contribution in [2.24, 2.45) is 16.7 Å². The Morgan fingerprint density at radius 2 is 1.85 bits per heavy atom. The maximum absolute atomic E-state index is 13.5. The summed E-state index contributed by atoms with van der Waals surface area (Å²) in [4.78, 5) is 37.4. The van der Waals surface area contributed by atoms with Crippen LogP contribution in [0.3, 0.4) is 0 Å². The van der Waals surface area contributed by atoms with Crippen LogP contribution in [0.25, 0.3) is 10.9 Å². The number of amides is 2. The summed E-state index contributed by atoms with van der Waals surface area (Å²) in [5.74, 6) is 2.96. The molecule has 1 aromatic carbocycles. The lowest BCUT2D eigenvalue weighted by molar-refractivity contribution is -0.137. The van der Waals surface area contributed by atoms with E-state index in [1.165, 1.54) is 10.9 Å². The molecule has 1 unspecified atom stereocenters. The topological polar surface area (TPSA) is 115 Å². The predicted molar refractivity (Wildman–Crippen MR) is 152 cm³/mol. The molecule has 2 aliphatic carbocycles. The number of nitrogens with zero attached hydrogens (tertiary/aromatic N) is 5. The lowest BCUT2D eigenvalue weighted by atomic mass is 9.98. The van der Waals surface area contributed by atoms with Gasteiger partial charge in [0.15, 0.2) is 5.82 Å². The number of hydrogen-bond donors (Lipinski definition) is 1. The zero-order valence-electron chi connectivity index (χ0n) is 24.0. The summed E-state index contributed by atoms with van der Waals surface area (Å²) in [5.41, 5.74) is 2.45. The molecule has 3 aromatic heterocycles. The van der Waals surface area contributed by atoms with Gasteiger partial charge in [-0.1, -0.05) is 32.9 Å². The number of rotatable bonds is 5. The van der Waals surface area contributed by atoms with E-state index in [-0.39, 0.29) is 34.7 Å². The highest BCUT2D eigenvalue weighted by Crippen LogP contribution is 2.69. The molecule has 1 N–H and O–H groups in total. The van der Waals surface area contributed by atoms with Crippen molar-refractivity contribution < 1.29 is 18.8 Å². The normalized spacial score (nSPS) is 21.0. The minimum Gasteiger partial charge on any atom is -0.439 e. The second-order valence-corrected chi connectivity index (χ2v) is 12.8. The quantitative estimate of drug-likeness (QED) is 0.316. The van der Waals surface area contributed by atoms with Crippen LogP contribution >= 0.6 is 0 Å². The van der Waals surface area contributed by atoms with Crippen molar-refractivity contribution in [1.82, 2.24) is 24.6 Å². The van der Waals surface area contributed by atoms with E-state index in [0.29, 0.717) is 36.3 Å². The number of nitrogens with one attached hydrogen (secondary N) is 1. The molecule has 0 saturated heterocycles. The molecule has 212 valence electrons. The summed E-state index contributed by atoms with van der Waals surface area (Å²) < 4.78 is 13.1. The van der Waals surface area contributed by atoms with Crippen molar-refractivity contribution in [3.05, 3.63) is 59.9 Å². The van der Waals surface area contributed by atoms with Crippen molar-refractivity contribution in [1.29, 1.82) is 0 Å². The van der Waals surface area contributed by atoms with E-state index in [1.807, 2.05) is 29.2 Å². The molecule has 1 atom stereocenters. The maximum Gasteiger partial charge on any atom is 0.331 e. The summed E-state index contributed by atoms with van der Waals surface area (Å²) in [7, 11) is 0. The lowest BCUT2D eigenvalue weighted by Crippen LogP contribution is -2.44. The number of ether oxygens (including phenoxy) is 1. The van der Waals surface area contributed by atoms with Crippen molar-refractivity contribution in [3.8, 4) is 11.6 Å². The molecule has 3 aliphatic rings. The number of fused-ring (bicyclic) bond motifs is 2. The molecule has 4 aromatic rings. The molecule has 1 aliphatic heterocycles. The van der Waals surface area contributed by atoms with Gasteiger partial charge in [-0.15, -0.1) is 0 Å². The first-order chi connectivity index (χ1) is 19.5. The maximum atomic E-state index is 13.5. The number of carbonyl (C=O) groups is 2. The third kappa shape index (κ3) is 4.19. The predicted octanol–water partition coefficient (Wildman–Crippen LogP) is 6.12. The van der Waals surface area contributed by atoms with E-state index in [2.05, 4.69) is 55.1 Å². The van der Waals surface area contributed by atoms with Crippen LogP contribution in [0, 0.1) is 16.7 Å². The molecule has 2 fully saturated rings. The van der Waals surface area contributed by atoms with E-state index < -0.39 is 0 Å². The van der Waals surface area contributed by atoms with Gasteiger partial charge in [-0.2, -0.15) is 0 Å². The monoisotopic (exact) mass is 554 g/mol. The second kappa shape index (κ2) is 8.89. The lowest BCUT2D eigenvalue weighted by Gasteiger charge is -2.35. The zero-order valence-corrected chi connectivity index (χ0v) is 24.0. The van der Waals surface area contributed by atoms with Crippen molar-refractivity contribution in [2.75, 3.05) is 5.32 Å². The fourth-order valence-electron chi connectivity index (χ4n) is 6.41. The standard InChI is InChI=1S/C31H34N6O4/c1-17-12-21-22(15-37(17)28(38)26-30(2,3)31(26,4)5)32-16-33-27(21)40-20-8-9-23-19(13-20)10-11-36(23)29(39)34-25-14-24(41-35-25)18-6-7-18/h8-11,13-14,16-18,26H,6-7,12,15H2,1-5H3,(H,34,35,39). The van der Waals surface area contributed by atoms with Crippen LogP contribution in [0.15, 0.2) is 47.4 Å². The van der Waals surface area contributed by atoms with Crippen LogP contribution in [-0.4, -0.2) is 42.6 Å². The Balaban J connectivity index is 1.08. The van der Waals surface area contributed by atoms with Gasteiger partial charge < -0.3 is 14.2 Å². The van der Waals surface area contributed by atoms with Crippen LogP contribution in [-0.2, 0) is 17.8 Å². The minimum atomic E-state index is -0.319. The number of aromatic nitrogens is 4. The Labute approximate surface area is 238 Å². The van der Waals surface area contributed by atoms with Gasteiger partial charge in [0.05, 0.1) is 17.8 Å². The SMILES string of the molecule is CC1Cc2c(ncnc2Oc2ccc3c(ccn3C(=O)Nc3cc(C4CC4)on3)c2)CN1C(=O)C1C(C)(C)C1(C)C. The fraction of sp³-hybridized carbons (Fsp3) is 0.452. The van der Waals surface area contributed by atoms with Crippen LogP contribution in [0.2, 0.25) is 0 Å². The molecular formula is C31H34N6O4. The number of anilines is 1. The first-order valence-electron chi connectivity index (χ1n) is 14.2. The molecule has 0 radical (unpaired) electrons. The average Bonchev–Trinajstić information content (AvgIpc) is 3.67. The summed E-state index contributed by atoms with van der Waals surface area (Å²) in [6.45, 7) is 11.2. The first-order valence-corrected chi connectivity index (χ1v) is 14.2. The summed E-state index contributed by atoms with van der Waals surface area (Å²) >= 11 is 0. The minimum absolute atomic E-state index is 0.00818. The zero-order chi connectivity index (χ0) is 28.7. The third-order valence-corrected chi connectivity index (χ3v) is 9.74. The molecule has 0 spiro atoms. The molecule has 10 nitrogen and oxygen atoms in total. The molecule has 4 heterocycles. The Hall–Kier alpha value is -4.21. The van der Waals surface area contributed by atoms with Gasteiger partial charge >= 0.3 is 6.03 Å². The molecule has 2 amide bonds. The van der Waals surface area contributed by atoms with Crippen molar-refractivity contribution >= 4 is 28.7 Å². The molecule has 10 heteroatoms. The van der Waals surface area contributed by atoms with E-state index in [1.54, 1.807) is 12.3 Å². The van der Waals surface area contributed by atoms with E-state index in [4.69, 9.17) is 9.26 Å². The van der Waals surface area contributed by atoms with Crippen LogP contribution in [0.5, 0.6) is 11.6 Å². The third-order valence-electron chi connectivity index (χ3n) is 9.74. The molecule has 41 heavy (non-hydrogen) atoms. The van der Waals surface area contributed by atoms with E-state index in [9.17, 15) is 9.59 Å². The Bertz CT molecular complexity index is 1680. The fourth-order valence-corrected chi connectivity index (χ4v) is 6.41. The second-order valence-electron chi connectivity index (χ2n) is 12.8. The van der Waals surface area contributed by atoms with Crippen molar-refractivity contribution in [3.63, 3.8) is 0 Å². The highest BCUT2D eigenvalue weighted by Gasteiger charge is 2.69. The van der Waals surface area contributed by atoms with Gasteiger partial charge in [0, 0.05) is 41.1 Å². The van der Waals surface area contributed by atoms with Gasteiger partial charge in [-0.3, -0.25) is 14.7 Å². The van der Waals surface area contributed by atoms with Gasteiger partial charge in [0.1, 0.15) is 17.8 Å². The van der Waals surface area contributed by atoms with E-state index >= 15 is 0 Å². The Kier molecular flexibility index (Phi) is 5.58.